The molecule has 1 heterocycles. The van der Waals surface area contributed by atoms with E-state index in [2.05, 4.69) is 0 Å². The molecule has 6 heteroatoms. The topological polar surface area (TPSA) is 70.8 Å². The largest absolute Gasteiger partial charge is 0.488 e. The van der Waals surface area contributed by atoms with Gasteiger partial charge in [-0.2, -0.15) is 0 Å². The van der Waals surface area contributed by atoms with Gasteiger partial charge in [0.1, 0.15) is 25.6 Å². The SMILES string of the molecule is NC(=O)c1ccccc1OCc1cc(Cl)c2c(c1)OCCO2. The molecule has 2 aromatic carbocycles. The molecule has 2 aromatic rings. The third-order valence-corrected chi connectivity index (χ3v) is 3.48. The molecule has 0 atom stereocenters. The molecule has 0 spiro atoms. The Balaban J connectivity index is 1.80. The average molecular weight is 320 g/mol. The Kier molecular flexibility index (Phi) is 4.06. The lowest BCUT2D eigenvalue weighted by molar-refractivity contribution is 0.0996. The number of ether oxygens (including phenoxy) is 3. The normalized spacial score (nSPS) is 12.8. The van der Waals surface area contributed by atoms with E-state index in [9.17, 15) is 4.79 Å². The Bertz CT molecular complexity index is 717. The Labute approximate surface area is 132 Å². The zero-order chi connectivity index (χ0) is 15.5. The molecule has 1 amide bonds. The van der Waals surface area contributed by atoms with Gasteiger partial charge in [-0.15, -0.1) is 0 Å². The van der Waals surface area contributed by atoms with E-state index < -0.39 is 5.91 Å². The van der Waals surface area contributed by atoms with Crippen molar-refractivity contribution in [1.82, 2.24) is 0 Å². The van der Waals surface area contributed by atoms with Crippen LogP contribution in [0.15, 0.2) is 36.4 Å². The second-order valence-electron chi connectivity index (χ2n) is 4.75. The summed E-state index contributed by atoms with van der Waals surface area (Å²) in [5, 5.41) is 0.471. The highest BCUT2D eigenvalue weighted by Gasteiger charge is 2.17. The van der Waals surface area contributed by atoms with Crippen LogP contribution in [-0.4, -0.2) is 19.1 Å². The first-order chi connectivity index (χ1) is 10.6. The zero-order valence-corrected chi connectivity index (χ0v) is 12.4. The fraction of sp³-hybridized carbons (Fsp3) is 0.188. The summed E-state index contributed by atoms with van der Waals surface area (Å²) in [6.45, 7) is 1.20. The minimum absolute atomic E-state index is 0.237. The highest BCUT2D eigenvalue weighted by Crippen LogP contribution is 2.38. The summed E-state index contributed by atoms with van der Waals surface area (Å²) >= 11 is 6.18. The van der Waals surface area contributed by atoms with Gasteiger partial charge in [0.05, 0.1) is 10.6 Å². The molecule has 0 aliphatic carbocycles. The minimum atomic E-state index is -0.532. The standard InChI is InChI=1S/C16H14ClNO4/c17-12-7-10(8-14-15(12)21-6-5-20-14)9-22-13-4-2-1-3-11(13)16(18)19/h1-4,7-8H,5-6,9H2,(H2,18,19). The van der Waals surface area contributed by atoms with Crippen molar-refractivity contribution in [2.24, 2.45) is 5.73 Å². The number of carbonyl (C=O) groups is 1. The smallest absolute Gasteiger partial charge is 0.252 e. The van der Waals surface area contributed by atoms with E-state index in [0.717, 1.165) is 5.56 Å². The van der Waals surface area contributed by atoms with Crippen molar-refractivity contribution in [3.8, 4) is 17.2 Å². The van der Waals surface area contributed by atoms with Gasteiger partial charge in [0.2, 0.25) is 0 Å². The van der Waals surface area contributed by atoms with Gasteiger partial charge in [0, 0.05) is 0 Å². The van der Waals surface area contributed by atoms with E-state index >= 15 is 0 Å². The van der Waals surface area contributed by atoms with Gasteiger partial charge in [-0.05, 0) is 29.8 Å². The number of fused-ring (bicyclic) bond motifs is 1. The lowest BCUT2D eigenvalue weighted by atomic mass is 10.2. The zero-order valence-electron chi connectivity index (χ0n) is 11.7. The van der Waals surface area contributed by atoms with Gasteiger partial charge >= 0.3 is 0 Å². The van der Waals surface area contributed by atoms with Crippen molar-refractivity contribution in [2.75, 3.05) is 13.2 Å². The molecular weight excluding hydrogens is 306 g/mol. The quantitative estimate of drug-likeness (QED) is 0.940. The minimum Gasteiger partial charge on any atom is -0.488 e. The van der Waals surface area contributed by atoms with Crippen molar-refractivity contribution < 1.29 is 19.0 Å². The molecule has 5 nitrogen and oxygen atoms in total. The van der Waals surface area contributed by atoms with Crippen LogP contribution in [0.25, 0.3) is 0 Å². The van der Waals surface area contributed by atoms with E-state index in [1.807, 2.05) is 6.07 Å². The molecule has 114 valence electrons. The van der Waals surface area contributed by atoms with Crippen molar-refractivity contribution in [2.45, 2.75) is 6.61 Å². The third kappa shape index (κ3) is 2.94. The summed E-state index contributed by atoms with van der Waals surface area (Å²) in [6, 6.07) is 10.4. The van der Waals surface area contributed by atoms with Gasteiger partial charge in [-0.25, -0.2) is 0 Å². The molecule has 2 N–H and O–H groups in total. The van der Waals surface area contributed by atoms with E-state index in [1.54, 1.807) is 30.3 Å². The number of para-hydroxylation sites is 1. The summed E-state index contributed by atoms with van der Waals surface area (Å²) < 4.78 is 16.7. The molecule has 0 radical (unpaired) electrons. The number of benzene rings is 2. The van der Waals surface area contributed by atoms with E-state index in [0.29, 0.717) is 41.0 Å². The Hall–Kier alpha value is -2.40. The lowest BCUT2D eigenvalue weighted by Gasteiger charge is -2.20. The van der Waals surface area contributed by atoms with E-state index in [4.69, 9.17) is 31.5 Å². The second kappa shape index (κ2) is 6.15. The van der Waals surface area contributed by atoms with Crippen LogP contribution in [0.4, 0.5) is 0 Å². The van der Waals surface area contributed by atoms with Gasteiger partial charge in [-0.3, -0.25) is 4.79 Å². The molecule has 0 unspecified atom stereocenters. The summed E-state index contributed by atoms with van der Waals surface area (Å²) in [5.74, 6) is 1.05. The molecule has 0 bridgehead atoms. The summed E-state index contributed by atoms with van der Waals surface area (Å²) in [7, 11) is 0. The molecule has 0 aromatic heterocycles. The summed E-state index contributed by atoms with van der Waals surface area (Å²) in [5.41, 5.74) is 6.47. The maximum absolute atomic E-state index is 11.4. The van der Waals surface area contributed by atoms with E-state index in [-0.39, 0.29) is 6.61 Å². The molecule has 0 saturated carbocycles. The number of rotatable bonds is 4. The van der Waals surface area contributed by atoms with Crippen molar-refractivity contribution in [3.05, 3.63) is 52.5 Å². The van der Waals surface area contributed by atoms with Crippen LogP contribution < -0.4 is 19.9 Å². The fourth-order valence-corrected chi connectivity index (χ4v) is 2.49. The first kappa shape index (κ1) is 14.5. The summed E-state index contributed by atoms with van der Waals surface area (Å²) in [6.07, 6.45) is 0. The summed E-state index contributed by atoms with van der Waals surface area (Å²) in [4.78, 5) is 11.4. The van der Waals surface area contributed by atoms with Crippen molar-refractivity contribution in [3.63, 3.8) is 0 Å². The van der Waals surface area contributed by atoms with E-state index in [1.165, 1.54) is 0 Å². The van der Waals surface area contributed by atoms with Crippen LogP contribution in [0, 0.1) is 0 Å². The second-order valence-corrected chi connectivity index (χ2v) is 5.16. The molecular formula is C16H14ClNO4. The number of hydrogen-bond donors (Lipinski definition) is 1. The van der Waals surface area contributed by atoms with Gasteiger partial charge in [0.25, 0.3) is 5.91 Å². The fourth-order valence-electron chi connectivity index (χ4n) is 2.20. The molecule has 0 fully saturated rings. The van der Waals surface area contributed by atoms with Gasteiger partial charge in [0.15, 0.2) is 11.5 Å². The maximum atomic E-state index is 11.4. The molecule has 3 rings (SSSR count). The van der Waals surface area contributed by atoms with Crippen LogP contribution in [0.1, 0.15) is 15.9 Å². The highest BCUT2D eigenvalue weighted by atomic mass is 35.5. The average Bonchev–Trinajstić information content (AvgIpc) is 2.53. The van der Waals surface area contributed by atoms with Crippen molar-refractivity contribution >= 4 is 17.5 Å². The monoisotopic (exact) mass is 319 g/mol. The predicted molar refractivity (Wildman–Crippen MR) is 81.7 cm³/mol. The number of hydrogen-bond acceptors (Lipinski definition) is 4. The lowest BCUT2D eigenvalue weighted by Crippen LogP contribution is -2.16. The van der Waals surface area contributed by atoms with Crippen molar-refractivity contribution in [1.29, 1.82) is 0 Å². The number of primary amides is 1. The molecule has 22 heavy (non-hydrogen) atoms. The van der Waals surface area contributed by atoms with Gasteiger partial charge in [-0.1, -0.05) is 23.7 Å². The molecule has 1 aliphatic heterocycles. The number of carbonyl (C=O) groups excluding carboxylic acids is 1. The maximum Gasteiger partial charge on any atom is 0.252 e. The third-order valence-electron chi connectivity index (χ3n) is 3.20. The number of halogens is 1. The van der Waals surface area contributed by atoms with Crippen LogP contribution in [0.3, 0.4) is 0 Å². The van der Waals surface area contributed by atoms with Gasteiger partial charge < -0.3 is 19.9 Å². The first-order valence-electron chi connectivity index (χ1n) is 6.75. The van der Waals surface area contributed by atoms with Crippen LogP contribution in [0.5, 0.6) is 17.2 Å². The molecule has 1 aliphatic rings. The first-order valence-corrected chi connectivity index (χ1v) is 7.12. The predicted octanol–water partition coefficient (Wildman–Crippen LogP) is 2.79. The Morgan fingerprint density at radius 3 is 2.82 bits per heavy atom. The highest BCUT2D eigenvalue weighted by molar-refractivity contribution is 6.32. The van der Waals surface area contributed by atoms with Crippen LogP contribution in [-0.2, 0) is 6.61 Å². The van der Waals surface area contributed by atoms with Crippen LogP contribution >= 0.6 is 11.6 Å². The number of nitrogens with two attached hydrogens (primary N) is 1. The Morgan fingerprint density at radius 2 is 2.00 bits per heavy atom. The van der Waals surface area contributed by atoms with Crippen LogP contribution in [0.2, 0.25) is 5.02 Å². The number of amides is 1. The molecule has 0 saturated heterocycles. The Morgan fingerprint density at radius 1 is 1.23 bits per heavy atom.